The Morgan fingerprint density at radius 3 is 2.57 bits per heavy atom. The first-order valence-corrected chi connectivity index (χ1v) is 7.11. The number of carbonyl (C=O) groups excluding carboxylic acids is 2. The smallest absolute Gasteiger partial charge is 0.251 e. The molecule has 0 radical (unpaired) electrons. The minimum Gasteiger partial charge on any atom is -0.370 e. The van der Waals surface area contributed by atoms with Crippen LogP contribution in [0, 0.1) is 0 Å². The van der Waals surface area contributed by atoms with Crippen LogP contribution in [0.1, 0.15) is 22.0 Å². The number of hydrogen-bond acceptors (Lipinski definition) is 3. The highest BCUT2D eigenvalue weighted by Gasteiger charge is 2.32. The summed E-state index contributed by atoms with van der Waals surface area (Å²) < 4.78 is 0.865. The molecule has 1 heterocycles. The van der Waals surface area contributed by atoms with Crippen LogP contribution in [0.25, 0.3) is 0 Å². The lowest BCUT2D eigenvalue weighted by molar-refractivity contribution is -0.116. The van der Waals surface area contributed by atoms with Crippen LogP contribution in [0.15, 0.2) is 46.9 Å². The first kappa shape index (κ1) is 13.6. The van der Waals surface area contributed by atoms with Crippen LogP contribution < -0.4 is 16.4 Å². The van der Waals surface area contributed by atoms with Crippen LogP contribution in [0.3, 0.4) is 0 Å². The van der Waals surface area contributed by atoms with Crippen molar-refractivity contribution in [2.24, 2.45) is 5.73 Å². The Morgan fingerprint density at radius 1 is 1.19 bits per heavy atom. The maximum atomic E-state index is 12.1. The molecular weight excluding hydrogens is 334 g/mol. The Bertz CT molecular complexity index is 728. The molecule has 1 unspecified atom stereocenters. The second-order valence-corrected chi connectivity index (χ2v) is 5.56. The van der Waals surface area contributed by atoms with Crippen molar-refractivity contribution in [1.29, 1.82) is 0 Å². The third kappa shape index (κ3) is 2.50. The molecule has 1 aliphatic rings. The molecule has 1 aliphatic heterocycles. The van der Waals surface area contributed by atoms with Crippen LogP contribution in [-0.4, -0.2) is 11.8 Å². The van der Waals surface area contributed by atoms with Crippen molar-refractivity contribution >= 4 is 39.1 Å². The fraction of sp³-hybridized carbons (Fsp3) is 0.0667. The Hall–Kier alpha value is -2.34. The summed E-state index contributed by atoms with van der Waals surface area (Å²) in [6.07, 6.45) is 0. The number of primary amides is 1. The summed E-state index contributed by atoms with van der Waals surface area (Å²) in [4.78, 5) is 23.1. The van der Waals surface area contributed by atoms with Crippen molar-refractivity contribution in [1.82, 2.24) is 0 Å². The largest absolute Gasteiger partial charge is 0.370 e. The second-order valence-electron chi connectivity index (χ2n) is 4.71. The van der Waals surface area contributed by atoms with Gasteiger partial charge in [0.1, 0.15) is 6.04 Å². The summed E-state index contributed by atoms with van der Waals surface area (Å²) in [5, 5.41) is 5.99. The number of nitrogens with one attached hydrogen (secondary N) is 2. The van der Waals surface area contributed by atoms with Crippen LogP contribution in [-0.2, 0) is 4.79 Å². The molecule has 0 aliphatic carbocycles. The van der Waals surface area contributed by atoms with Gasteiger partial charge in [-0.3, -0.25) is 9.59 Å². The van der Waals surface area contributed by atoms with Gasteiger partial charge in [0, 0.05) is 27.0 Å². The topological polar surface area (TPSA) is 84.2 Å². The number of nitrogens with two attached hydrogens (primary N) is 1. The standard InChI is InChI=1S/C15H12BrN3O2/c16-10-2-1-3-11-12(10)13(15(21)19-11)18-9-6-4-8(5-7-9)14(17)20/h1-7,13,18H,(H2,17,20)(H,19,21). The van der Waals surface area contributed by atoms with E-state index in [0.29, 0.717) is 5.56 Å². The van der Waals surface area contributed by atoms with Gasteiger partial charge in [-0.25, -0.2) is 0 Å². The maximum absolute atomic E-state index is 12.1. The van der Waals surface area contributed by atoms with E-state index in [1.807, 2.05) is 18.2 Å². The zero-order valence-electron chi connectivity index (χ0n) is 10.9. The number of amides is 2. The number of anilines is 2. The number of fused-ring (bicyclic) bond motifs is 1. The molecule has 1 atom stereocenters. The summed E-state index contributed by atoms with van der Waals surface area (Å²) >= 11 is 3.47. The third-order valence-corrected chi connectivity index (χ3v) is 4.03. The predicted octanol–water partition coefficient (Wildman–Crippen LogP) is 2.65. The zero-order valence-corrected chi connectivity index (χ0v) is 12.5. The van der Waals surface area contributed by atoms with E-state index in [1.54, 1.807) is 24.3 Å². The molecule has 0 saturated carbocycles. The van der Waals surface area contributed by atoms with Crippen molar-refractivity contribution < 1.29 is 9.59 Å². The summed E-state index contributed by atoms with van der Waals surface area (Å²) in [5.41, 5.74) is 8.04. The highest BCUT2D eigenvalue weighted by atomic mass is 79.9. The van der Waals surface area contributed by atoms with Crippen LogP contribution >= 0.6 is 15.9 Å². The highest BCUT2D eigenvalue weighted by Crippen LogP contribution is 2.38. The predicted molar refractivity (Wildman–Crippen MR) is 84.1 cm³/mol. The quantitative estimate of drug-likeness (QED) is 0.799. The monoisotopic (exact) mass is 345 g/mol. The lowest BCUT2D eigenvalue weighted by Gasteiger charge is -2.14. The Labute approximate surface area is 129 Å². The fourth-order valence-corrected chi connectivity index (χ4v) is 2.91. The van der Waals surface area contributed by atoms with E-state index in [2.05, 4.69) is 26.6 Å². The van der Waals surface area contributed by atoms with E-state index in [9.17, 15) is 9.59 Å². The van der Waals surface area contributed by atoms with E-state index in [1.165, 1.54) is 0 Å². The van der Waals surface area contributed by atoms with Gasteiger partial charge in [0.05, 0.1) is 0 Å². The summed E-state index contributed by atoms with van der Waals surface area (Å²) in [6.45, 7) is 0. The normalized spacial score (nSPS) is 16.2. The molecule has 2 aromatic carbocycles. The Kier molecular flexibility index (Phi) is 3.39. The molecule has 0 aromatic heterocycles. The van der Waals surface area contributed by atoms with Gasteiger partial charge in [0.2, 0.25) is 5.91 Å². The van der Waals surface area contributed by atoms with E-state index < -0.39 is 11.9 Å². The SMILES string of the molecule is NC(=O)c1ccc(NC2C(=O)Nc3cccc(Br)c32)cc1. The van der Waals surface area contributed by atoms with Gasteiger partial charge in [0.15, 0.2) is 0 Å². The van der Waals surface area contributed by atoms with E-state index in [0.717, 1.165) is 21.4 Å². The lowest BCUT2D eigenvalue weighted by atomic mass is 10.1. The van der Waals surface area contributed by atoms with Gasteiger partial charge in [-0.2, -0.15) is 0 Å². The molecule has 106 valence electrons. The minimum atomic E-state index is -0.478. The average molecular weight is 346 g/mol. The first-order valence-electron chi connectivity index (χ1n) is 6.32. The number of rotatable bonds is 3. The fourth-order valence-electron chi connectivity index (χ4n) is 2.31. The zero-order chi connectivity index (χ0) is 15.0. The van der Waals surface area contributed by atoms with Gasteiger partial charge >= 0.3 is 0 Å². The molecule has 3 rings (SSSR count). The molecule has 2 amide bonds. The number of halogens is 1. The van der Waals surface area contributed by atoms with Gasteiger partial charge in [-0.1, -0.05) is 22.0 Å². The molecule has 6 heteroatoms. The minimum absolute atomic E-state index is 0.115. The third-order valence-electron chi connectivity index (χ3n) is 3.34. The number of carbonyl (C=O) groups is 2. The van der Waals surface area contributed by atoms with Crippen molar-refractivity contribution in [3.63, 3.8) is 0 Å². The van der Waals surface area contributed by atoms with Gasteiger partial charge in [0.25, 0.3) is 5.91 Å². The molecule has 4 N–H and O–H groups in total. The molecule has 0 bridgehead atoms. The van der Waals surface area contributed by atoms with Crippen LogP contribution in [0.5, 0.6) is 0 Å². The molecule has 0 spiro atoms. The maximum Gasteiger partial charge on any atom is 0.251 e. The average Bonchev–Trinajstić information content (AvgIpc) is 2.77. The van der Waals surface area contributed by atoms with Crippen molar-refractivity contribution in [2.75, 3.05) is 10.6 Å². The van der Waals surface area contributed by atoms with Gasteiger partial charge in [-0.15, -0.1) is 0 Å². The summed E-state index contributed by atoms with van der Waals surface area (Å²) in [6, 6.07) is 11.8. The number of benzene rings is 2. The van der Waals surface area contributed by atoms with E-state index in [-0.39, 0.29) is 5.91 Å². The summed E-state index contributed by atoms with van der Waals surface area (Å²) in [5.74, 6) is -0.593. The lowest BCUT2D eigenvalue weighted by Crippen LogP contribution is -2.20. The Morgan fingerprint density at radius 2 is 1.90 bits per heavy atom. The van der Waals surface area contributed by atoms with E-state index >= 15 is 0 Å². The molecule has 21 heavy (non-hydrogen) atoms. The first-order chi connectivity index (χ1) is 10.1. The summed E-state index contributed by atoms with van der Waals surface area (Å²) in [7, 11) is 0. The van der Waals surface area contributed by atoms with Crippen molar-refractivity contribution in [3.8, 4) is 0 Å². The molecule has 0 saturated heterocycles. The second kappa shape index (κ2) is 5.21. The molecule has 5 nitrogen and oxygen atoms in total. The molecule has 0 fully saturated rings. The number of hydrogen-bond donors (Lipinski definition) is 3. The Balaban J connectivity index is 1.89. The highest BCUT2D eigenvalue weighted by molar-refractivity contribution is 9.10. The molecule has 2 aromatic rings. The van der Waals surface area contributed by atoms with Gasteiger partial charge in [-0.05, 0) is 36.4 Å². The van der Waals surface area contributed by atoms with Gasteiger partial charge < -0.3 is 16.4 Å². The van der Waals surface area contributed by atoms with Crippen molar-refractivity contribution in [2.45, 2.75) is 6.04 Å². The van der Waals surface area contributed by atoms with Crippen molar-refractivity contribution in [3.05, 3.63) is 58.1 Å². The van der Waals surface area contributed by atoms with E-state index in [4.69, 9.17) is 5.73 Å². The van der Waals surface area contributed by atoms with Crippen LogP contribution in [0.2, 0.25) is 0 Å². The molecular formula is C15H12BrN3O2. The van der Waals surface area contributed by atoms with Crippen LogP contribution in [0.4, 0.5) is 11.4 Å².